The summed E-state index contributed by atoms with van der Waals surface area (Å²) in [6.45, 7) is 0.373. The zero-order valence-electron chi connectivity index (χ0n) is 10.9. The number of thiocarbonyl (C=S) groups is 1. The van der Waals surface area contributed by atoms with E-state index in [-0.39, 0.29) is 5.91 Å². The number of amides is 1. The van der Waals surface area contributed by atoms with Gasteiger partial charge in [0.1, 0.15) is 4.99 Å². The van der Waals surface area contributed by atoms with Crippen LogP contribution in [-0.4, -0.2) is 10.9 Å². The number of hydrogen-bond acceptors (Lipinski definition) is 2. The lowest BCUT2D eigenvalue weighted by atomic mass is 10.1. The van der Waals surface area contributed by atoms with Crippen molar-refractivity contribution in [2.45, 2.75) is 6.54 Å². The molecular weight excluding hydrogens is 372 g/mol. The van der Waals surface area contributed by atoms with Gasteiger partial charge in [-0.25, -0.2) is 0 Å². The van der Waals surface area contributed by atoms with Crippen molar-refractivity contribution >= 4 is 50.6 Å². The maximum atomic E-state index is 12.1. The molecule has 0 saturated carbocycles. The predicted molar refractivity (Wildman–Crippen MR) is 92.7 cm³/mol. The molecule has 2 rings (SSSR count). The van der Waals surface area contributed by atoms with E-state index in [2.05, 4.69) is 21.2 Å². The van der Waals surface area contributed by atoms with E-state index in [0.717, 1.165) is 15.6 Å². The Morgan fingerprint density at radius 1 is 1.29 bits per heavy atom. The van der Waals surface area contributed by atoms with Crippen molar-refractivity contribution in [3.05, 3.63) is 68.7 Å². The first-order chi connectivity index (χ1) is 9.97. The van der Waals surface area contributed by atoms with Gasteiger partial charge in [-0.1, -0.05) is 57.9 Å². The molecule has 0 aliphatic rings. The third kappa shape index (κ3) is 4.27. The lowest BCUT2D eigenvalue weighted by Gasteiger charge is -2.08. The highest BCUT2D eigenvalue weighted by molar-refractivity contribution is 9.10. The molecule has 0 aliphatic heterocycles. The van der Waals surface area contributed by atoms with Gasteiger partial charge in [0.25, 0.3) is 5.91 Å². The molecule has 3 nitrogen and oxygen atoms in total. The minimum Gasteiger partial charge on any atom is -0.389 e. The van der Waals surface area contributed by atoms with Crippen LogP contribution in [0.2, 0.25) is 5.02 Å². The molecule has 0 fully saturated rings. The third-order valence-corrected chi connectivity index (χ3v) is 3.90. The fraction of sp³-hybridized carbons (Fsp3) is 0.0667. The molecule has 2 aromatic rings. The van der Waals surface area contributed by atoms with Crippen molar-refractivity contribution in [3.63, 3.8) is 0 Å². The summed E-state index contributed by atoms with van der Waals surface area (Å²) < 4.78 is 0.799. The minimum absolute atomic E-state index is 0.234. The molecule has 0 spiro atoms. The SMILES string of the molecule is NC(=S)c1cccc(CNC(=O)c2cc(Br)ccc2Cl)c1. The molecule has 0 saturated heterocycles. The van der Waals surface area contributed by atoms with E-state index in [0.29, 0.717) is 22.1 Å². The number of nitrogens with one attached hydrogen (secondary N) is 1. The van der Waals surface area contributed by atoms with E-state index in [1.165, 1.54) is 0 Å². The zero-order chi connectivity index (χ0) is 15.4. The molecule has 0 atom stereocenters. The van der Waals surface area contributed by atoms with Gasteiger partial charge in [-0.2, -0.15) is 0 Å². The highest BCUT2D eigenvalue weighted by Crippen LogP contribution is 2.21. The summed E-state index contributed by atoms with van der Waals surface area (Å²) in [5, 5.41) is 3.23. The standard InChI is InChI=1S/C15H12BrClN2OS/c16-11-4-5-13(17)12(7-11)15(20)19-8-9-2-1-3-10(6-9)14(18)21/h1-7H,8H2,(H2,18,21)(H,19,20). The summed E-state index contributed by atoms with van der Waals surface area (Å²) in [5.74, 6) is -0.234. The van der Waals surface area contributed by atoms with Gasteiger partial charge in [0.2, 0.25) is 0 Å². The third-order valence-electron chi connectivity index (χ3n) is 2.84. The lowest BCUT2D eigenvalue weighted by molar-refractivity contribution is 0.0951. The van der Waals surface area contributed by atoms with Gasteiger partial charge in [-0.3, -0.25) is 4.79 Å². The molecule has 0 unspecified atom stereocenters. The first-order valence-electron chi connectivity index (χ1n) is 6.09. The molecule has 1 amide bonds. The summed E-state index contributed by atoms with van der Waals surface area (Å²) in [4.78, 5) is 12.5. The van der Waals surface area contributed by atoms with Crippen molar-refractivity contribution in [2.24, 2.45) is 5.73 Å². The van der Waals surface area contributed by atoms with Crippen molar-refractivity contribution in [1.82, 2.24) is 5.32 Å². The summed E-state index contributed by atoms with van der Waals surface area (Å²) in [6.07, 6.45) is 0. The smallest absolute Gasteiger partial charge is 0.253 e. The Balaban J connectivity index is 2.09. The Morgan fingerprint density at radius 3 is 2.76 bits per heavy atom. The van der Waals surface area contributed by atoms with E-state index in [1.54, 1.807) is 18.2 Å². The maximum absolute atomic E-state index is 12.1. The molecule has 6 heteroatoms. The second-order valence-corrected chi connectivity index (χ2v) is 6.13. The molecule has 21 heavy (non-hydrogen) atoms. The molecule has 2 aromatic carbocycles. The normalized spacial score (nSPS) is 10.2. The lowest BCUT2D eigenvalue weighted by Crippen LogP contribution is -2.23. The van der Waals surface area contributed by atoms with Crippen LogP contribution >= 0.6 is 39.7 Å². The van der Waals surface area contributed by atoms with Crippen LogP contribution in [0.4, 0.5) is 0 Å². The topological polar surface area (TPSA) is 55.1 Å². The largest absolute Gasteiger partial charge is 0.389 e. The number of carbonyl (C=O) groups excluding carboxylic acids is 1. The molecular formula is C15H12BrClN2OS. The average Bonchev–Trinajstić information content (AvgIpc) is 2.47. The Labute approximate surface area is 141 Å². The van der Waals surface area contributed by atoms with E-state index < -0.39 is 0 Å². The van der Waals surface area contributed by atoms with E-state index in [4.69, 9.17) is 29.6 Å². The molecule has 0 aliphatic carbocycles. The van der Waals surface area contributed by atoms with Crippen LogP contribution in [-0.2, 0) is 6.54 Å². The second-order valence-electron chi connectivity index (χ2n) is 4.37. The highest BCUT2D eigenvalue weighted by Gasteiger charge is 2.10. The van der Waals surface area contributed by atoms with Gasteiger partial charge in [0.05, 0.1) is 10.6 Å². The van der Waals surface area contributed by atoms with Gasteiger partial charge in [-0.05, 0) is 29.8 Å². The number of nitrogens with two attached hydrogens (primary N) is 1. The minimum atomic E-state index is -0.234. The van der Waals surface area contributed by atoms with Crippen molar-refractivity contribution < 1.29 is 4.79 Å². The van der Waals surface area contributed by atoms with Crippen LogP contribution in [0.5, 0.6) is 0 Å². The van der Waals surface area contributed by atoms with Gasteiger partial charge in [-0.15, -0.1) is 0 Å². The summed E-state index contributed by atoms with van der Waals surface area (Å²) in [6, 6.07) is 12.6. The number of halogens is 2. The second kappa shape index (κ2) is 7.02. The van der Waals surface area contributed by atoms with Gasteiger partial charge in [0, 0.05) is 16.6 Å². The number of benzene rings is 2. The first-order valence-corrected chi connectivity index (χ1v) is 7.67. The number of carbonyl (C=O) groups is 1. The number of rotatable bonds is 4. The predicted octanol–water partition coefficient (Wildman–Crippen LogP) is 3.67. The molecule has 108 valence electrons. The summed E-state index contributed by atoms with van der Waals surface area (Å²) >= 11 is 14.3. The Hall–Kier alpha value is -1.43. The van der Waals surface area contributed by atoms with E-state index in [1.807, 2.05) is 24.3 Å². The van der Waals surface area contributed by atoms with Crippen molar-refractivity contribution in [2.75, 3.05) is 0 Å². The van der Waals surface area contributed by atoms with Crippen LogP contribution in [0.1, 0.15) is 21.5 Å². The fourth-order valence-corrected chi connectivity index (χ4v) is 2.48. The Morgan fingerprint density at radius 2 is 2.05 bits per heavy atom. The molecule has 0 heterocycles. The Kier molecular flexibility index (Phi) is 5.33. The van der Waals surface area contributed by atoms with Crippen molar-refractivity contribution in [1.29, 1.82) is 0 Å². The van der Waals surface area contributed by atoms with Crippen LogP contribution in [0.25, 0.3) is 0 Å². The summed E-state index contributed by atoms with van der Waals surface area (Å²) in [5.41, 5.74) is 7.71. The van der Waals surface area contributed by atoms with Gasteiger partial charge < -0.3 is 11.1 Å². The van der Waals surface area contributed by atoms with Crippen LogP contribution in [0, 0.1) is 0 Å². The quantitative estimate of drug-likeness (QED) is 0.792. The Bertz CT molecular complexity index is 706. The van der Waals surface area contributed by atoms with Gasteiger partial charge in [0.15, 0.2) is 0 Å². The fourth-order valence-electron chi connectivity index (χ4n) is 1.78. The molecule has 0 bridgehead atoms. The zero-order valence-corrected chi connectivity index (χ0v) is 14.1. The first kappa shape index (κ1) is 15.9. The molecule has 0 aromatic heterocycles. The van der Waals surface area contributed by atoms with Gasteiger partial charge >= 0.3 is 0 Å². The highest BCUT2D eigenvalue weighted by atomic mass is 79.9. The monoisotopic (exact) mass is 382 g/mol. The molecule has 0 radical (unpaired) electrons. The van der Waals surface area contributed by atoms with E-state index >= 15 is 0 Å². The van der Waals surface area contributed by atoms with Crippen LogP contribution in [0.3, 0.4) is 0 Å². The van der Waals surface area contributed by atoms with Crippen LogP contribution < -0.4 is 11.1 Å². The van der Waals surface area contributed by atoms with Crippen LogP contribution in [0.15, 0.2) is 46.9 Å². The summed E-state index contributed by atoms with van der Waals surface area (Å²) in [7, 11) is 0. The van der Waals surface area contributed by atoms with E-state index in [9.17, 15) is 4.79 Å². The number of hydrogen-bond donors (Lipinski definition) is 2. The average molecular weight is 384 g/mol. The van der Waals surface area contributed by atoms with Crippen molar-refractivity contribution in [3.8, 4) is 0 Å². The maximum Gasteiger partial charge on any atom is 0.253 e. The molecule has 3 N–H and O–H groups in total.